The van der Waals surface area contributed by atoms with Crippen LogP contribution in [0.4, 0.5) is 0 Å². The summed E-state index contributed by atoms with van der Waals surface area (Å²) in [6.45, 7) is 3.49. The summed E-state index contributed by atoms with van der Waals surface area (Å²) in [7, 11) is 0. The summed E-state index contributed by atoms with van der Waals surface area (Å²) >= 11 is 6.75. The average molecular weight is 356 g/mol. The number of halogens is 1. The molecule has 1 atom stereocenters. The van der Waals surface area contributed by atoms with Crippen LogP contribution in [0.5, 0.6) is 0 Å². The second kappa shape index (κ2) is 6.73. The van der Waals surface area contributed by atoms with Gasteiger partial charge in [-0.05, 0) is 31.0 Å². The minimum absolute atomic E-state index is 0.0550. The molecule has 1 aromatic heterocycles. The second-order valence-electron chi connectivity index (χ2n) is 5.88. The van der Waals surface area contributed by atoms with E-state index in [-0.39, 0.29) is 11.3 Å². The highest BCUT2D eigenvalue weighted by molar-refractivity contribution is 6.21. The fraction of sp³-hybridized carbons (Fsp3) is 0.200. The van der Waals surface area contributed by atoms with E-state index in [1.807, 2.05) is 41.8 Å². The van der Waals surface area contributed by atoms with Gasteiger partial charge in [0.15, 0.2) is 5.78 Å². The Kier molecular flexibility index (Phi) is 4.64. The minimum Gasteiger partial charge on any atom is -0.478 e. The molecule has 4 nitrogen and oxygen atoms in total. The molecule has 0 amide bonds. The second-order valence-corrected chi connectivity index (χ2v) is 6.30. The van der Waals surface area contributed by atoms with Crippen molar-refractivity contribution in [1.82, 2.24) is 4.57 Å². The molecule has 128 valence electrons. The van der Waals surface area contributed by atoms with E-state index >= 15 is 0 Å². The van der Waals surface area contributed by atoms with Gasteiger partial charge in [0.05, 0.1) is 11.1 Å². The van der Waals surface area contributed by atoms with Gasteiger partial charge in [0.2, 0.25) is 0 Å². The number of nitrogens with zero attached hydrogens (tertiary/aromatic N) is 1. The Morgan fingerprint density at radius 3 is 2.40 bits per heavy atom. The zero-order valence-corrected chi connectivity index (χ0v) is 14.7. The van der Waals surface area contributed by atoms with Crippen molar-refractivity contribution in [3.05, 3.63) is 70.9 Å². The maximum Gasteiger partial charge on any atom is 0.335 e. The maximum absolute atomic E-state index is 12.3. The molecule has 0 spiro atoms. The Balaban J connectivity index is 2.36. The Morgan fingerprint density at radius 1 is 1.16 bits per heavy atom. The normalized spacial score (nSPS) is 12.3. The third kappa shape index (κ3) is 2.94. The molecule has 0 radical (unpaired) electrons. The number of aromatic carboxylic acids is 1. The highest BCUT2D eigenvalue weighted by Crippen LogP contribution is 2.35. The smallest absolute Gasteiger partial charge is 0.335 e. The SMILES string of the molecule is CCc1c(C(C)=O)c2ccc(C(=O)O)cc2n1C(Cl)c1ccccc1. The van der Waals surface area contributed by atoms with E-state index in [9.17, 15) is 14.7 Å². The van der Waals surface area contributed by atoms with E-state index in [0.717, 1.165) is 16.6 Å². The monoisotopic (exact) mass is 355 g/mol. The van der Waals surface area contributed by atoms with E-state index in [1.54, 1.807) is 12.1 Å². The fourth-order valence-corrected chi connectivity index (χ4v) is 3.62. The molecular weight excluding hydrogens is 338 g/mol. The number of fused-ring (bicyclic) bond motifs is 1. The summed E-state index contributed by atoms with van der Waals surface area (Å²) in [6, 6.07) is 14.3. The van der Waals surface area contributed by atoms with Crippen LogP contribution < -0.4 is 0 Å². The van der Waals surface area contributed by atoms with Gasteiger partial charge < -0.3 is 9.67 Å². The lowest BCUT2D eigenvalue weighted by atomic mass is 10.0. The van der Waals surface area contributed by atoms with Crippen LogP contribution in [0.2, 0.25) is 0 Å². The molecule has 1 N–H and O–H groups in total. The molecule has 0 saturated heterocycles. The number of carboxylic acid groups (broad SMARTS) is 1. The predicted octanol–water partition coefficient (Wildman–Crippen LogP) is 4.89. The molecule has 1 heterocycles. The van der Waals surface area contributed by atoms with Gasteiger partial charge in [0.25, 0.3) is 0 Å². The molecule has 0 fully saturated rings. The van der Waals surface area contributed by atoms with Crippen LogP contribution >= 0.6 is 11.6 Å². The number of benzene rings is 2. The molecule has 0 bridgehead atoms. The summed E-state index contributed by atoms with van der Waals surface area (Å²) in [5.74, 6) is -1.07. The lowest BCUT2D eigenvalue weighted by molar-refractivity contribution is 0.0697. The number of carbonyl (C=O) groups excluding carboxylic acids is 1. The first-order valence-electron chi connectivity index (χ1n) is 8.05. The van der Waals surface area contributed by atoms with Crippen molar-refractivity contribution in [3.63, 3.8) is 0 Å². The predicted molar refractivity (Wildman–Crippen MR) is 98.7 cm³/mol. The van der Waals surface area contributed by atoms with Crippen molar-refractivity contribution in [2.45, 2.75) is 25.8 Å². The summed E-state index contributed by atoms with van der Waals surface area (Å²) in [4.78, 5) is 23.6. The summed E-state index contributed by atoms with van der Waals surface area (Å²) in [5, 5.41) is 10.1. The largest absolute Gasteiger partial charge is 0.478 e. The Hall–Kier alpha value is -2.59. The van der Waals surface area contributed by atoms with Crippen LogP contribution in [0.1, 0.15) is 51.3 Å². The van der Waals surface area contributed by atoms with E-state index < -0.39 is 11.5 Å². The minimum atomic E-state index is -1.01. The summed E-state index contributed by atoms with van der Waals surface area (Å²) in [6.07, 6.45) is 0.613. The van der Waals surface area contributed by atoms with Gasteiger partial charge in [0.1, 0.15) is 5.50 Å². The van der Waals surface area contributed by atoms with E-state index in [2.05, 4.69) is 0 Å². The first-order valence-corrected chi connectivity index (χ1v) is 8.49. The molecule has 0 aliphatic rings. The molecule has 3 rings (SSSR count). The molecule has 0 aliphatic heterocycles. The van der Waals surface area contributed by atoms with Crippen molar-refractivity contribution in [2.75, 3.05) is 0 Å². The van der Waals surface area contributed by atoms with Gasteiger partial charge >= 0.3 is 5.97 Å². The van der Waals surface area contributed by atoms with Crippen molar-refractivity contribution in [3.8, 4) is 0 Å². The van der Waals surface area contributed by atoms with Crippen molar-refractivity contribution in [1.29, 1.82) is 0 Å². The van der Waals surface area contributed by atoms with Crippen LogP contribution in [0.15, 0.2) is 48.5 Å². The molecule has 1 unspecified atom stereocenters. The molecular formula is C20H18ClNO3. The lowest BCUT2D eigenvalue weighted by Crippen LogP contribution is -2.10. The van der Waals surface area contributed by atoms with Gasteiger partial charge in [0, 0.05) is 16.6 Å². The fourth-order valence-electron chi connectivity index (χ4n) is 3.26. The zero-order chi connectivity index (χ0) is 18.1. The molecule has 0 saturated carbocycles. The number of ketones is 1. The van der Waals surface area contributed by atoms with E-state index in [0.29, 0.717) is 17.5 Å². The topological polar surface area (TPSA) is 59.3 Å². The first kappa shape index (κ1) is 17.2. The number of Topliss-reactive ketones (excluding diaryl/α,β-unsaturated/α-hetero) is 1. The van der Waals surface area contributed by atoms with Crippen molar-refractivity contribution in [2.24, 2.45) is 0 Å². The first-order chi connectivity index (χ1) is 12.0. The van der Waals surface area contributed by atoms with E-state index in [1.165, 1.54) is 13.0 Å². The Labute approximate surface area is 150 Å². The number of aromatic nitrogens is 1. The van der Waals surface area contributed by atoms with Gasteiger partial charge in [-0.25, -0.2) is 4.79 Å². The number of carboxylic acids is 1. The molecule has 2 aromatic carbocycles. The van der Waals surface area contributed by atoms with Crippen molar-refractivity contribution >= 4 is 34.3 Å². The van der Waals surface area contributed by atoms with Crippen molar-refractivity contribution < 1.29 is 14.7 Å². The van der Waals surface area contributed by atoms with Gasteiger partial charge in [-0.2, -0.15) is 0 Å². The molecule has 25 heavy (non-hydrogen) atoms. The summed E-state index contributed by atoms with van der Waals surface area (Å²) < 4.78 is 1.87. The van der Waals surface area contributed by atoms with Crippen LogP contribution in [0.3, 0.4) is 0 Å². The van der Waals surface area contributed by atoms with Crippen LogP contribution in [0.25, 0.3) is 10.9 Å². The summed E-state index contributed by atoms with van der Waals surface area (Å²) in [5.41, 5.74) is 2.60. The molecule has 5 heteroatoms. The van der Waals surface area contributed by atoms with Crippen LogP contribution in [-0.2, 0) is 6.42 Å². The number of alkyl halides is 1. The number of carbonyl (C=O) groups is 2. The van der Waals surface area contributed by atoms with Crippen LogP contribution in [0, 0.1) is 0 Å². The van der Waals surface area contributed by atoms with Crippen LogP contribution in [-0.4, -0.2) is 21.4 Å². The lowest BCUT2D eigenvalue weighted by Gasteiger charge is -2.17. The molecule has 3 aromatic rings. The highest BCUT2D eigenvalue weighted by Gasteiger charge is 2.24. The number of hydrogen-bond donors (Lipinski definition) is 1. The van der Waals surface area contributed by atoms with Gasteiger partial charge in [-0.15, -0.1) is 0 Å². The Morgan fingerprint density at radius 2 is 1.84 bits per heavy atom. The average Bonchev–Trinajstić information content (AvgIpc) is 2.95. The quantitative estimate of drug-likeness (QED) is 0.523. The maximum atomic E-state index is 12.3. The van der Waals surface area contributed by atoms with Gasteiger partial charge in [-0.3, -0.25) is 4.79 Å². The third-order valence-corrected chi connectivity index (χ3v) is 4.79. The third-order valence-electron chi connectivity index (χ3n) is 4.34. The van der Waals surface area contributed by atoms with E-state index in [4.69, 9.17) is 11.6 Å². The zero-order valence-electron chi connectivity index (χ0n) is 14.0. The highest BCUT2D eigenvalue weighted by atomic mass is 35.5. The van der Waals surface area contributed by atoms with Gasteiger partial charge in [-0.1, -0.05) is 54.9 Å². The number of rotatable bonds is 5. The molecule has 0 aliphatic carbocycles. The standard InChI is InChI=1S/C20H18ClNO3/c1-3-16-18(12(2)23)15-10-9-14(20(24)25)11-17(15)22(16)19(21)13-7-5-4-6-8-13/h4-11,19H,3H2,1-2H3,(H,24,25). The Bertz CT molecular complexity index is 960. The number of hydrogen-bond acceptors (Lipinski definition) is 2.